The van der Waals surface area contributed by atoms with E-state index in [1.165, 1.54) is 18.2 Å². The lowest BCUT2D eigenvalue weighted by atomic mass is 10.1. The van der Waals surface area contributed by atoms with E-state index in [4.69, 9.17) is 0 Å². The number of nitrogens with zero attached hydrogens (tertiary/aromatic N) is 1. The van der Waals surface area contributed by atoms with Gasteiger partial charge in [-0.3, -0.25) is 14.4 Å². The number of para-hydroxylation sites is 1. The number of halogens is 1. The van der Waals surface area contributed by atoms with Crippen LogP contribution in [0.25, 0.3) is 0 Å². The first-order chi connectivity index (χ1) is 15.9. The van der Waals surface area contributed by atoms with Crippen molar-refractivity contribution in [3.05, 3.63) is 101 Å². The normalized spacial score (nSPS) is 10.4. The van der Waals surface area contributed by atoms with Crippen molar-refractivity contribution >= 4 is 23.4 Å². The molecular weight excluding hydrogens is 421 g/mol. The molecule has 2 N–H and O–H groups in total. The number of amides is 3. The Morgan fingerprint density at radius 3 is 2.24 bits per heavy atom. The average Bonchev–Trinajstić information content (AvgIpc) is 2.81. The molecule has 7 heteroatoms. The highest BCUT2D eigenvalue weighted by Gasteiger charge is 2.18. The van der Waals surface area contributed by atoms with Crippen molar-refractivity contribution in [1.82, 2.24) is 10.2 Å². The Bertz CT molecular complexity index is 1150. The number of rotatable bonds is 8. The van der Waals surface area contributed by atoms with Crippen LogP contribution >= 0.6 is 0 Å². The molecule has 3 amide bonds. The minimum Gasteiger partial charge on any atom is -0.351 e. The number of carbonyl (C=O) groups excluding carboxylic acids is 3. The van der Waals surface area contributed by atoms with Gasteiger partial charge in [-0.2, -0.15) is 0 Å². The third-order valence-corrected chi connectivity index (χ3v) is 5.19. The van der Waals surface area contributed by atoms with Crippen molar-refractivity contribution < 1.29 is 18.8 Å². The standard InChI is InChI=1S/C26H26FN3O3/c1-18-9-8-13-21(24(18)29-26(33)20-12-6-7-14-22(20)27)25(32)28-16-15-23(31)30(2)17-19-10-4-3-5-11-19/h3-14H,15-17H2,1-2H3,(H,28,32)(H,29,33). The molecule has 3 aromatic rings. The van der Waals surface area contributed by atoms with E-state index in [9.17, 15) is 18.8 Å². The Balaban J connectivity index is 1.61. The molecule has 0 spiro atoms. The van der Waals surface area contributed by atoms with E-state index in [1.807, 2.05) is 30.3 Å². The minimum absolute atomic E-state index is 0.100. The molecule has 0 saturated carbocycles. The van der Waals surface area contributed by atoms with Gasteiger partial charge in [0.15, 0.2) is 0 Å². The van der Waals surface area contributed by atoms with E-state index in [0.29, 0.717) is 17.8 Å². The van der Waals surface area contributed by atoms with Crippen LogP contribution in [-0.2, 0) is 11.3 Å². The summed E-state index contributed by atoms with van der Waals surface area (Å²) in [6.45, 7) is 2.37. The van der Waals surface area contributed by atoms with Gasteiger partial charge in [-0.15, -0.1) is 0 Å². The molecule has 3 rings (SSSR count). The molecule has 0 aliphatic carbocycles. The van der Waals surface area contributed by atoms with Crippen LogP contribution in [0.2, 0.25) is 0 Å². The molecule has 6 nitrogen and oxygen atoms in total. The van der Waals surface area contributed by atoms with Crippen LogP contribution in [0.15, 0.2) is 72.8 Å². The highest BCUT2D eigenvalue weighted by molar-refractivity contribution is 6.09. The zero-order chi connectivity index (χ0) is 23.8. The van der Waals surface area contributed by atoms with E-state index in [1.54, 1.807) is 43.1 Å². The highest BCUT2D eigenvalue weighted by Crippen LogP contribution is 2.22. The first kappa shape index (κ1) is 23.7. The quantitative estimate of drug-likeness (QED) is 0.544. The molecule has 0 bridgehead atoms. The monoisotopic (exact) mass is 447 g/mol. The smallest absolute Gasteiger partial charge is 0.258 e. The van der Waals surface area contributed by atoms with Crippen molar-refractivity contribution in [3.8, 4) is 0 Å². The van der Waals surface area contributed by atoms with Crippen molar-refractivity contribution in [2.45, 2.75) is 19.9 Å². The zero-order valence-electron chi connectivity index (χ0n) is 18.6. The number of hydrogen-bond donors (Lipinski definition) is 2. The predicted octanol–water partition coefficient (Wildman–Crippen LogP) is 4.16. The number of carbonyl (C=O) groups is 3. The van der Waals surface area contributed by atoms with Gasteiger partial charge < -0.3 is 15.5 Å². The summed E-state index contributed by atoms with van der Waals surface area (Å²) in [4.78, 5) is 39.3. The molecule has 0 unspecified atom stereocenters. The van der Waals surface area contributed by atoms with Gasteiger partial charge in [0.2, 0.25) is 5.91 Å². The number of aryl methyl sites for hydroxylation is 1. The molecule has 0 fully saturated rings. The fourth-order valence-electron chi connectivity index (χ4n) is 3.36. The van der Waals surface area contributed by atoms with Gasteiger partial charge in [0.25, 0.3) is 11.8 Å². The summed E-state index contributed by atoms with van der Waals surface area (Å²) in [5.74, 6) is -1.82. The Hall–Kier alpha value is -4.00. The van der Waals surface area contributed by atoms with Crippen molar-refractivity contribution in [1.29, 1.82) is 0 Å². The fourth-order valence-corrected chi connectivity index (χ4v) is 3.36. The van der Waals surface area contributed by atoms with E-state index < -0.39 is 17.6 Å². The van der Waals surface area contributed by atoms with Crippen LogP contribution < -0.4 is 10.6 Å². The largest absolute Gasteiger partial charge is 0.351 e. The fraction of sp³-hybridized carbons (Fsp3) is 0.192. The molecular formula is C26H26FN3O3. The van der Waals surface area contributed by atoms with Crippen molar-refractivity contribution in [3.63, 3.8) is 0 Å². The maximum Gasteiger partial charge on any atom is 0.258 e. The third kappa shape index (κ3) is 6.26. The van der Waals surface area contributed by atoms with Crippen LogP contribution in [0.3, 0.4) is 0 Å². The number of nitrogens with one attached hydrogen (secondary N) is 2. The first-order valence-corrected chi connectivity index (χ1v) is 10.6. The van der Waals surface area contributed by atoms with E-state index in [-0.39, 0.29) is 30.0 Å². The molecule has 170 valence electrons. The molecule has 3 aromatic carbocycles. The second-order valence-corrected chi connectivity index (χ2v) is 7.67. The maximum absolute atomic E-state index is 14.0. The first-order valence-electron chi connectivity index (χ1n) is 10.6. The molecule has 0 radical (unpaired) electrons. The summed E-state index contributed by atoms with van der Waals surface area (Å²) in [6.07, 6.45) is 0.137. The van der Waals surface area contributed by atoms with Gasteiger partial charge in [-0.05, 0) is 36.2 Å². The topological polar surface area (TPSA) is 78.5 Å². The molecule has 0 aromatic heterocycles. The second-order valence-electron chi connectivity index (χ2n) is 7.67. The van der Waals surface area contributed by atoms with E-state index >= 15 is 0 Å². The summed E-state index contributed by atoms with van der Waals surface area (Å²) in [5, 5.41) is 5.38. The molecule has 33 heavy (non-hydrogen) atoms. The van der Waals surface area contributed by atoms with Gasteiger partial charge in [-0.1, -0.05) is 54.6 Å². The molecule has 0 aliphatic heterocycles. The van der Waals surface area contributed by atoms with Gasteiger partial charge in [-0.25, -0.2) is 4.39 Å². The summed E-state index contributed by atoms with van der Waals surface area (Å²) in [7, 11) is 1.72. The van der Waals surface area contributed by atoms with Crippen LogP contribution in [-0.4, -0.2) is 36.2 Å². The van der Waals surface area contributed by atoms with Gasteiger partial charge in [0, 0.05) is 26.6 Å². The molecule has 0 atom stereocenters. The molecule has 0 heterocycles. The number of hydrogen-bond acceptors (Lipinski definition) is 3. The lowest BCUT2D eigenvalue weighted by Crippen LogP contribution is -2.32. The zero-order valence-corrected chi connectivity index (χ0v) is 18.6. The minimum atomic E-state index is -0.646. The van der Waals surface area contributed by atoms with Gasteiger partial charge in [0.05, 0.1) is 16.8 Å². The van der Waals surface area contributed by atoms with E-state index in [2.05, 4.69) is 10.6 Å². The second kappa shape index (κ2) is 11.0. The third-order valence-electron chi connectivity index (χ3n) is 5.19. The maximum atomic E-state index is 14.0. The van der Waals surface area contributed by atoms with Gasteiger partial charge in [0.1, 0.15) is 5.82 Å². The van der Waals surface area contributed by atoms with Gasteiger partial charge >= 0.3 is 0 Å². The number of anilines is 1. The Labute approximate surface area is 192 Å². The average molecular weight is 448 g/mol. The van der Waals surface area contributed by atoms with E-state index in [0.717, 1.165) is 5.56 Å². The number of benzene rings is 3. The van der Waals surface area contributed by atoms with Crippen molar-refractivity contribution in [2.75, 3.05) is 18.9 Å². The van der Waals surface area contributed by atoms with Crippen molar-refractivity contribution in [2.24, 2.45) is 0 Å². The van der Waals surface area contributed by atoms with Crippen LogP contribution in [0.1, 0.15) is 38.3 Å². The highest BCUT2D eigenvalue weighted by atomic mass is 19.1. The summed E-state index contributed by atoms with van der Waals surface area (Å²) >= 11 is 0. The van der Waals surface area contributed by atoms with Crippen LogP contribution in [0.5, 0.6) is 0 Å². The summed E-state index contributed by atoms with van der Waals surface area (Å²) < 4.78 is 14.0. The summed E-state index contributed by atoms with van der Waals surface area (Å²) in [5.41, 5.74) is 2.11. The lowest BCUT2D eigenvalue weighted by molar-refractivity contribution is -0.130. The Kier molecular flexibility index (Phi) is 7.91. The molecule has 0 aliphatic rings. The molecule has 0 saturated heterocycles. The van der Waals surface area contributed by atoms with Crippen LogP contribution in [0.4, 0.5) is 10.1 Å². The predicted molar refractivity (Wildman–Crippen MR) is 125 cm³/mol. The lowest BCUT2D eigenvalue weighted by Gasteiger charge is -2.18. The Morgan fingerprint density at radius 1 is 0.848 bits per heavy atom. The Morgan fingerprint density at radius 2 is 1.52 bits per heavy atom. The summed E-state index contributed by atoms with van der Waals surface area (Å²) in [6, 6.07) is 20.3. The SMILES string of the molecule is Cc1cccc(C(=O)NCCC(=O)N(C)Cc2ccccc2)c1NC(=O)c1ccccc1F. The van der Waals surface area contributed by atoms with Crippen LogP contribution in [0, 0.1) is 12.7 Å².